The highest BCUT2D eigenvalue weighted by Gasteiger charge is 2.13. The van der Waals surface area contributed by atoms with Crippen LogP contribution in [0.4, 0.5) is 0 Å². The molecule has 0 saturated heterocycles. The lowest BCUT2D eigenvalue weighted by atomic mass is 10.2. The van der Waals surface area contributed by atoms with Crippen molar-refractivity contribution in [2.45, 2.75) is 6.92 Å². The molecule has 0 atom stereocenters. The number of carbonyl (C=O) groups excluding carboxylic acids is 1. The van der Waals surface area contributed by atoms with Gasteiger partial charge in [-0.05, 0) is 19.1 Å². The van der Waals surface area contributed by atoms with Crippen LogP contribution in [-0.2, 0) is 9.47 Å². The molecular weight excluding hydrogens is 298 g/mol. The van der Waals surface area contributed by atoms with Gasteiger partial charge in [0.05, 0.1) is 6.61 Å². The summed E-state index contributed by atoms with van der Waals surface area (Å²) in [5.41, 5.74) is 1.19. The van der Waals surface area contributed by atoms with Crippen LogP contribution in [0.3, 0.4) is 0 Å². The van der Waals surface area contributed by atoms with Crippen molar-refractivity contribution in [3.63, 3.8) is 0 Å². The first-order valence-corrected chi connectivity index (χ1v) is 7.43. The molecule has 1 aromatic carbocycles. The van der Waals surface area contributed by atoms with Crippen molar-refractivity contribution in [2.24, 2.45) is 0 Å². The van der Waals surface area contributed by atoms with E-state index in [0.717, 1.165) is 10.6 Å². The van der Waals surface area contributed by atoms with E-state index in [-0.39, 0.29) is 6.61 Å². The molecule has 1 aromatic heterocycles. The molecule has 2 rings (SSSR count). The van der Waals surface area contributed by atoms with Crippen LogP contribution in [-0.4, -0.2) is 30.8 Å². The van der Waals surface area contributed by atoms with Crippen LogP contribution in [0.2, 0.25) is 5.02 Å². The van der Waals surface area contributed by atoms with Gasteiger partial charge >= 0.3 is 5.97 Å². The molecule has 0 aliphatic heterocycles. The van der Waals surface area contributed by atoms with Crippen LogP contribution in [0.25, 0.3) is 10.6 Å². The monoisotopic (exact) mass is 311 g/mol. The van der Waals surface area contributed by atoms with Crippen molar-refractivity contribution in [3.8, 4) is 10.6 Å². The molecule has 0 aliphatic carbocycles. The van der Waals surface area contributed by atoms with Crippen molar-refractivity contribution in [1.82, 2.24) is 4.98 Å². The smallest absolute Gasteiger partial charge is 0.357 e. The molecule has 0 fully saturated rings. The molecule has 0 aliphatic rings. The number of thiazole rings is 1. The number of esters is 1. The SMILES string of the molecule is CCOCCOC(=O)c1csc(-c2cccc(Cl)c2)n1. The van der Waals surface area contributed by atoms with Gasteiger partial charge in [0.2, 0.25) is 0 Å². The molecule has 106 valence electrons. The summed E-state index contributed by atoms with van der Waals surface area (Å²) in [7, 11) is 0. The number of carbonyl (C=O) groups is 1. The number of hydrogen-bond acceptors (Lipinski definition) is 5. The Kier molecular flexibility index (Phi) is 5.52. The Morgan fingerprint density at radius 1 is 1.40 bits per heavy atom. The number of aromatic nitrogens is 1. The first-order valence-electron chi connectivity index (χ1n) is 6.17. The van der Waals surface area contributed by atoms with Gasteiger partial charge in [-0.25, -0.2) is 9.78 Å². The number of nitrogens with zero attached hydrogens (tertiary/aromatic N) is 1. The van der Waals surface area contributed by atoms with E-state index < -0.39 is 5.97 Å². The molecule has 6 heteroatoms. The van der Waals surface area contributed by atoms with Gasteiger partial charge in [-0.3, -0.25) is 0 Å². The average molecular weight is 312 g/mol. The molecule has 0 bridgehead atoms. The summed E-state index contributed by atoms with van der Waals surface area (Å²) in [4.78, 5) is 16.0. The Bertz CT molecular complexity index is 585. The van der Waals surface area contributed by atoms with E-state index in [9.17, 15) is 4.79 Å². The summed E-state index contributed by atoms with van der Waals surface area (Å²) in [5, 5.41) is 3.06. The summed E-state index contributed by atoms with van der Waals surface area (Å²) in [5.74, 6) is -0.436. The fraction of sp³-hybridized carbons (Fsp3) is 0.286. The number of ether oxygens (including phenoxy) is 2. The Hall–Kier alpha value is -1.43. The van der Waals surface area contributed by atoms with Crippen molar-refractivity contribution < 1.29 is 14.3 Å². The Morgan fingerprint density at radius 2 is 2.25 bits per heavy atom. The zero-order chi connectivity index (χ0) is 14.4. The fourth-order valence-corrected chi connectivity index (χ4v) is 2.51. The van der Waals surface area contributed by atoms with Gasteiger partial charge in [-0.2, -0.15) is 0 Å². The molecule has 0 radical (unpaired) electrons. The molecule has 0 N–H and O–H groups in total. The van der Waals surface area contributed by atoms with Crippen molar-refractivity contribution in [1.29, 1.82) is 0 Å². The van der Waals surface area contributed by atoms with Gasteiger partial charge in [0.1, 0.15) is 11.6 Å². The van der Waals surface area contributed by atoms with Crippen LogP contribution in [0.5, 0.6) is 0 Å². The van der Waals surface area contributed by atoms with Crippen LogP contribution < -0.4 is 0 Å². The zero-order valence-electron chi connectivity index (χ0n) is 11.0. The van der Waals surface area contributed by atoms with E-state index in [4.69, 9.17) is 21.1 Å². The van der Waals surface area contributed by atoms with Crippen LogP contribution in [0.15, 0.2) is 29.6 Å². The number of halogens is 1. The zero-order valence-corrected chi connectivity index (χ0v) is 12.5. The standard InChI is InChI=1S/C14H14ClNO3S/c1-2-18-6-7-19-14(17)12-9-20-13(16-12)10-4-3-5-11(15)8-10/h3-5,8-9H,2,6-7H2,1H3. The molecule has 0 amide bonds. The first kappa shape index (κ1) is 15.0. The van der Waals surface area contributed by atoms with Gasteiger partial charge in [0.25, 0.3) is 0 Å². The quantitative estimate of drug-likeness (QED) is 0.603. The molecule has 1 heterocycles. The third-order valence-electron chi connectivity index (χ3n) is 2.45. The van der Waals surface area contributed by atoms with Crippen LogP contribution in [0, 0.1) is 0 Å². The largest absolute Gasteiger partial charge is 0.458 e. The molecule has 0 spiro atoms. The molecular formula is C14H14ClNO3S. The number of hydrogen-bond donors (Lipinski definition) is 0. The summed E-state index contributed by atoms with van der Waals surface area (Å²) in [6, 6.07) is 7.35. The molecule has 0 saturated carbocycles. The minimum absolute atomic E-state index is 0.233. The van der Waals surface area contributed by atoms with Gasteiger partial charge in [0.15, 0.2) is 5.69 Å². The van der Waals surface area contributed by atoms with E-state index in [1.54, 1.807) is 11.4 Å². The lowest BCUT2D eigenvalue weighted by Gasteiger charge is -2.02. The van der Waals surface area contributed by atoms with Gasteiger partial charge < -0.3 is 9.47 Å². The third-order valence-corrected chi connectivity index (χ3v) is 3.58. The minimum Gasteiger partial charge on any atom is -0.458 e. The normalized spacial score (nSPS) is 10.5. The summed E-state index contributed by atoms with van der Waals surface area (Å²) >= 11 is 7.32. The maximum atomic E-state index is 11.8. The predicted molar refractivity (Wildman–Crippen MR) is 79.3 cm³/mol. The Balaban J connectivity index is 2.00. The van der Waals surface area contributed by atoms with Crippen molar-refractivity contribution >= 4 is 28.9 Å². The van der Waals surface area contributed by atoms with Gasteiger partial charge in [-0.15, -0.1) is 11.3 Å². The minimum atomic E-state index is -0.436. The second-order valence-corrected chi connectivity index (χ2v) is 5.18. The maximum absolute atomic E-state index is 11.8. The highest BCUT2D eigenvalue weighted by Crippen LogP contribution is 2.26. The van der Waals surface area contributed by atoms with E-state index in [1.165, 1.54) is 11.3 Å². The highest BCUT2D eigenvalue weighted by molar-refractivity contribution is 7.13. The van der Waals surface area contributed by atoms with E-state index in [0.29, 0.717) is 23.9 Å². The van der Waals surface area contributed by atoms with Crippen molar-refractivity contribution in [3.05, 3.63) is 40.4 Å². The van der Waals surface area contributed by atoms with Crippen molar-refractivity contribution in [2.75, 3.05) is 19.8 Å². The summed E-state index contributed by atoms with van der Waals surface area (Å²) < 4.78 is 10.2. The first-order chi connectivity index (χ1) is 9.70. The summed E-state index contributed by atoms with van der Waals surface area (Å²) in [6.45, 7) is 3.12. The molecule has 2 aromatic rings. The number of rotatable bonds is 6. The second-order valence-electron chi connectivity index (χ2n) is 3.88. The van der Waals surface area contributed by atoms with E-state index >= 15 is 0 Å². The Morgan fingerprint density at radius 3 is 3.00 bits per heavy atom. The predicted octanol–water partition coefficient (Wildman–Crippen LogP) is 3.66. The highest BCUT2D eigenvalue weighted by atomic mass is 35.5. The van der Waals surface area contributed by atoms with E-state index in [1.807, 2.05) is 25.1 Å². The van der Waals surface area contributed by atoms with Gasteiger partial charge in [0, 0.05) is 22.6 Å². The molecule has 4 nitrogen and oxygen atoms in total. The lowest BCUT2D eigenvalue weighted by molar-refractivity contribution is 0.0330. The molecule has 0 unspecified atom stereocenters. The fourth-order valence-electron chi connectivity index (χ4n) is 1.53. The lowest BCUT2D eigenvalue weighted by Crippen LogP contribution is -2.11. The number of benzene rings is 1. The topological polar surface area (TPSA) is 48.4 Å². The van der Waals surface area contributed by atoms with E-state index in [2.05, 4.69) is 4.98 Å². The molecule has 20 heavy (non-hydrogen) atoms. The van der Waals surface area contributed by atoms with Gasteiger partial charge in [-0.1, -0.05) is 23.7 Å². The van der Waals surface area contributed by atoms with Crippen LogP contribution >= 0.6 is 22.9 Å². The second kappa shape index (κ2) is 7.38. The third kappa shape index (κ3) is 4.03. The summed E-state index contributed by atoms with van der Waals surface area (Å²) in [6.07, 6.45) is 0. The van der Waals surface area contributed by atoms with Crippen LogP contribution in [0.1, 0.15) is 17.4 Å². The average Bonchev–Trinajstić information content (AvgIpc) is 2.93. The maximum Gasteiger partial charge on any atom is 0.357 e. The Labute approximate surface area is 126 Å².